The molecular weight excluding hydrogens is 298 g/mol. The van der Waals surface area contributed by atoms with Crippen molar-refractivity contribution < 1.29 is 9.53 Å². The molecule has 0 amide bonds. The first-order valence-corrected chi connectivity index (χ1v) is 8.24. The Labute approximate surface area is 138 Å². The Morgan fingerprint density at radius 2 is 1.95 bits per heavy atom. The maximum Gasteiger partial charge on any atom is 0.306 e. The van der Waals surface area contributed by atoms with Crippen LogP contribution in [0.2, 0.25) is 5.02 Å². The number of nitrogens with two attached hydrogens (primary N) is 1. The van der Waals surface area contributed by atoms with Crippen LogP contribution in [0.1, 0.15) is 58.1 Å². The summed E-state index contributed by atoms with van der Waals surface area (Å²) in [6.45, 7) is 7.93. The number of esters is 1. The van der Waals surface area contributed by atoms with Crippen LogP contribution in [0.5, 0.6) is 0 Å². The summed E-state index contributed by atoms with van der Waals surface area (Å²) in [5, 5.41) is 0.597. The maximum absolute atomic E-state index is 11.9. The van der Waals surface area contributed by atoms with Crippen molar-refractivity contribution >= 4 is 23.3 Å². The molecule has 0 unspecified atom stereocenters. The van der Waals surface area contributed by atoms with Gasteiger partial charge in [-0.05, 0) is 75.1 Å². The molecular formula is C18H26ClNO2. The number of rotatable bonds is 5. The van der Waals surface area contributed by atoms with Crippen molar-refractivity contribution in [3.63, 3.8) is 0 Å². The van der Waals surface area contributed by atoms with E-state index in [1.54, 1.807) is 0 Å². The topological polar surface area (TPSA) is 52.3 Å². The van der Waals surface area contributed by atoms with Crippen LogP contribution in [0.25, 0.3) is 0 Å². The molecule has 0 spiro atoms. The first kappa shape index (κ1) is 17.1. The minimum Gasteiger partial charge on any atom is -0.460 e. The molecule has 1 aromatic carbocycles. The van der Waals surface area contributed by atoms with Gasteiger partial charge in [-0.15, -0.1) is 0 Å². The molecule has 0 heterocycles. The van der Waals surface area contributed by atoms with Crippen molar-refractivity contribution in [3.8, 4) is 0 Å². The third-order valence-corrected chi connectivity index (χ3v) is 4.39. The second-order valence-electron chi connectivity index (χ2n) is 7.72. The SMILES string of the molecule is CC1(Cc2cc(Cl)c(N)cc2CCC(=O)OC(C)(C)C)CC1. The van der Waals surface area contributed by atoms with Crippen molar-refractivity contribution in [2.45, 2.75) is 65.4 Å². The minimum atomic E-state index is -0.444. The quantitative estimate of drug-likeness (QED) is 0.639. The van der Waals surface area contributed by atoms with Crippen molar-refractivity contribution in [1.29, 1.82) is 0 Å². The number of halogens is 1. The van der Waals surface area contributed by atoms with E-state index in [0.29, 0.717) is 29.0 Å². The van der Waals surface area contributed by atoms with Gasteiger partial charge in [-0.3, -0.25) is 4.79 Å². The molecule has 0 bridgehead atoms. The second kappa shape index (κ2) is 6.11. The molecule has 0 atom stereocenters. The molecule has 0 radical (unpaired) electrons. The lowest BCUT2D eigenvalue weighted by Gasteiger charge is -2.20. The predicted molar refractivity (Wildman–Crippen MR) is 91.1 cm³/mol. The van der Waals surface area contributed by atoms with Gasteiger partial charge < -0.3 is 10.5 Å². The van der Waals surface area contributed by atoms with Crippen molar-refractivity contribution in [3.05, 3.63) is 28.3 Å². The molecule has 3 nitrogen and oxygen atoms in total. The van der Waals surface area contributed by atoms with Crippen LogP contribution in [-0.4, -0.2) is 11.6 Å². The molecule has 2 N–H and O–H groups in total. The Balaban J connectivity index is 2.08. The third-order valence-electron chi connectivity index (χ3n) is 4.06. The molecule has 0 saturated heterocycles. The van der Waals surface area contributed by atoms with Gasteiger partial charge in [-0.1, -0.05) is 18.5 Å². The van der Waals surface area contributed by atoms with Crippen molar-refractivity contribution in [2.75, 3.05) is 5.73 Å². The average Bonchev–Trinajstić information content (AvgIpc) is 3.07. The number of benzene rings is 1. The molecule has 1 saturated carbocycles. The molecule has 1 aromatic rings. The van der Waals surface area contributed by atoms with E-state index >= 15 is 0 Å². The highest BCUT2D eigenvalue weighted by atomic mass is 35.5. The molecule has 2 rings (SSSR count). The summed E-state index contributed by atoms with van der Waals surface area (Å²) in [6.07, 6.45) is 4.50. The van der Waals surface area contributed by atoms with Crippen LogP contribution in [-0.2, 0) is 22.4 Å². The zero-order chi connectivity index (χ0) is 16.5. The summed E-state index contributed by atoms with van der Waals surface area (Å²) >= 11 is 6.17. The number of ether oxygens (including phenoxy) is 1. The van der Waals surface area contributed by atoms with Gasteiger partial charge in [0, 0.05) is 6.42 Å². The van der Waals surface area contributed by atoms with Crippen LogP contribution < -0.4 is 5.73 Å². The van der Waals surface area contributed by atoms with Crippen LogP contribution in [0.15, 0.2) is 12.1 Å². The molecule has 0 aliphatic heterocycles. The maximum atomic E-state index is 11.9. The zero-order valence-electron chi connectivity index (χ0n) is 14.0. The summed E-state index contributed by atoms with van der Waals surface area (Å²) in [7, 11) is 0. The number of carbonyl (C=O) groups excluding carboxylic acids is 1. The van der Waals surface area contributed by atoms with E-state index in [1.165, 1.54) is 18.4 Å². The number of carbonyl (C=O) groups is 1. The number of anilines is 1. The van der Waals surface area contributed by atoms with E-state index < -0.39 is 5.60 Å². The smallest absolute Gasteiger partial charge is 0.306 e. The van der Waals surface area contributed by atoms with E-state index in [0.717, 1.165) is 12.0 Å². The first-order valence-electron chi connectivity index (χ1n) is 7.87. The Bertz CT molecular complexity index is 571. The number of hydrogen-bond acceptors (Lipinski definition) is 3. The largest absolute Gasteiger partial charge is 0.460 e. The molecule has 4 heteroatoms. The van der Waals surface area contributed by atoms with E-state index in [2.05, 4.69) is 6.92 Å². The number of hydrogen-bond donors (Lipinski definition) is 1. The van der Waals surface area contributed by atoms with Gasteiger partial charge in [-0.2, -0.15) is 0 Å². The van der Waals surface area contributed by atoms with Gasteiger partial charge in [-0.25, -0.2) is 0 Å². The highest BCUT2D eigenvalue weighted by molar-refractivity contribution is 6.33. The molecule has 1 aliphatic rings. The van der Waals surface area contributed by atoms with Gasteiger partial charge in [0.1, 0.15) is 5.60 Å². The van der Waals surface area contributed by atoms with Gasteiger partial charge >= 0.3 is 5.97 Å². The van der Waals surface area contributed by atoms with E-state index in [1.807, 2.05) is 32.9 Å². The third kappa shape index (κ3) is 4.91. The summed E-state index contributed by atoms with van der Waals surface area (Å²) in [6, 6.07) is 3.87. The molecule has 22 heavy (non-hydrogen) atoms. The monoisotopic (exact) mass is 323 g/mol. The predicted octanol–water partition coefficient (Wildman–Crippen LogP) is 4.54. The number of aryl methyl sites for hydroxylation is 1. The van der Waals surface area contributed by atoms with Crippen molar-refractivity contribution in [1.82, 2.24) is 0 Å². The average molecular weight is 324 g/mol. The van der Waals surface area contributed by atoms with Crippen molar-refractivity contribution in [2.24, 2.45) is 5.41 Å². The Morgan fingerprint density at radius 3 is 2.50 bits per heavy atom. The molecule has 1 aliphatic carbocycles. The van der Waals surface area contributed by atoms with Gasteiger partial charge in [0.05, 0.1) is 10.7 Å². The second-order valence-corrected chi connectivity index (χ2v) is 8.12. The van der Waals surface area contributed by atoms with E-state index in [9.17, 15) is 4.79 Å². The van der Waals surface area contributed by atoms with Gasteiger partial charge in [0.15, 0.2) is 0 Å². The lowest BCUT2D eigenvalue weighted by Crippen LogP contribution is -2.24. The number of nitrogen functional groups attached to an aromatic ring is 1. The highest BCUT2D eigenvalue weighted by Crippen LogP contribution is 2.48. The van der Waals surface area contributed by atoms with E-state index in [4.69, 9.17) is 22.1 Å². The highest BCUT2D eigenvalue weighted by Gasteiger charge is 2.37. The van der Waals surface area contributed by atoms with Crippen LogP contribution in [0.3, 0.4) is 0 Å². The fourth-order valence-corrected chi connectivity index (χ4v) is 2.74. The summed E-state index contributed by atoms with van der Waals surface area (Å²) in [5.74, 6) is -0.176. The van der Waals surface area contributed by atoms with Crippen LogP contribution in [0, 0.1) is 5.41 Å². The summed E-state index contributed by atoms with van der Waals surface area (Å²) in [5.41, 5.74) is 8.77. The lowest BCUT2D eigenvalue weighted by atomic mass is 9.92. The standard InChI is InChI=1S/C18H26ClNO2/c1-17(2,3)22-16(21)6-5-12-10-15(20)14(19)9-13(12)11-18(4)7-8-18/h9-10H,5-8,11,20H2,1-4H3. The van der Waals surface area contributed by atoms with Gasteiger partial charge in [0.25, 0.3) is 0 Å². The lowest BCUT2D eigenvalue weighted by molar-refractivity contribution is -0.154. The van der Waals surface area contributed by atoms with Gasteiger partial charge in [0.2, 0.25) is 0 Å². The summed E-state index contributed by atoms with van der Waals surface area (Å²) in [4.78, 5) is 11.9. The first-order chi connectivity index (χ1) is 10.1. The van der Waals surface area contributed by atoms with Crippen LogP contribution in [0.4, 0.5) is 5.69 Å². The molecule has 0 aromatic heterocycles. The normalized spacial score (nSPS) is 16.4. The van der Waals surface area contributed by atoms with E-state index in [-0.39, 0.29) is 5.97 Å². The molecule has 122 valence electrons. The molecule has 1 fully saturated rings. The Morgan fingerprint density at radius 1 is 1.32 bits per heavy atom. The van der Waals surface area contributed by atoms with Crippen LogP contribution >= 0.6 is 11.6 Å². The fourth-order valence-electron chi connectivity index (χ4n) is 2.55. The summed E-state index contributed by atoms with van der Waals surface area (Å²) < 4.78 is 5.37. The Hall–Kier alpha value is -1.22. The Kier molecular flexibility index (Phi) is 4.76. The fraction of sp³-hybridized carbons (Fsp3) is 0.611. The zero-order valence-corrected chi connectivity index (χ0v) is 14.7. The minimum absolute atomic E-state index is 0.176.